The smallest absolute Gasteiger partial charge is 0.193 e. The van der Waals surface area contributed by atoms with Crippen molar-refractivity contribution in [1.29, 1.82) is 0 Å². The summed E-state index contributed by atoms with van der Waals surface area (Å²) in [5.74, 6) is 0. The van der Waals surface area contributed by atoms with Gasteiger partial charge in [0.1, 0.15) is 0 Å². The summed E-state index contributed by atoms with van der Waals surface area (Å²) in [6.07, 6.45) is 4.95. The largest absolute Gasteiger partial charge is 0.389 e. The lowest BCUT2D eigenvalue weighted by Crippen LogP contribution is -2.29. The highest BCUT2D eigenvalue weighted by molar-refractivity contribution is 7.15. The molecule has 16 heavy (non-hydrogen) atoms. The second-order valence-corrected chi connectivity index (χ2v) is 5.66. The van der Waals surface area contributed by atoms with Crippen molar-refractivity contribution in [2.45, 2.75) is 25.5 Å². The number of fused-ring (bicyclic) bond motifs is 1. The van der Waals surface area contributed by atoms with E-state index >= 15 is 0 Å². The van der Waals surface area contributed by atoms with Crippen LogP contribution in [0.2, 0.25) is 0 Å². The minimum absolute atomic E-state index is 0.517. The van der Waals surface area contributed by atoms with Crippen molar-refractivity contribution < 1.29 is 5.11 Å². The van der Waals surface area contributed by atoms with Gasteiger partial charge in [-0.15, -0.1) is 11.3 Å². The van der Waals surface area contributed by atoms with Gasteiger partial charge in [-0.1, -0.05) is 0 Å². The van der Waals surface area contributed by atoms with E-state index in [2.05, 4.69) is 16.1 Å². The van der Waals surface area contributed by atoms with E-state index in [-0.39, 0.29) is 0 Å². The van der Waals surface area contributed by atoms with Crippen LogP contribution in [0.4, 0.5) is 0 Å². The van der Waals surface area contributed by atoms with Crippen LogP contribution in [0.5, 0.6) is 0 Å². The summed E-state index contributed by atoms with van der Waals surface area (Å²) in [7, 11) is 0. The molecule has 0 radical (unpaired) electrons. The van der Waals surface area contributed by atoms with Gasteiger partial charge >= 0.3 is 0 Å². The zero-order chi connectivity index (χ0) is 11.2. The Morgan fingerprint density at radius 1 is 1.62 bits per heavy atom. The van der Waals surface area contributed by atoms with E-state index in [9.17, 15) is 5.11 Å². The second kappa shape index (κ2) is 3.55. The molecule has 86 valence electrons. The number of hydrogen-bond donors (Lipinski definition) is 1. The summed E-state index contributed by atoms with van der Waals surface area (Å²) in [6, 6.07) is 0. The van der Waals surface area contributed by atoms with E-state index in [0.717, 1.165) is 36.7 Å². The molecule has 1 aliphatic rings. The lowest BCUT2D eigenvalue weighted by atomic mass is 10.1. The third kappa shape index (κ3) is 1.86. The number of imidazole rings is 1. The maximum atomic E-state index is 9.88. The van der Waals surface area contributed by atoms with Crippen molar-refractivity contribution in [3.8, 4) is 0 Å². The Morgan fingerprint density at radius 2 is 2.50 bits per heavy atom. The summed E-state index contributed by atoms with van der Waals surface area (Å²) in [5.41, 5.74) is 0.571. The van der Waals surface area contributed by atoms with Gasteiger partial charge in [-0.3, -0.25) is 9.30 Å². The minimum Gasteiger partial charge on any atom is -0.389 e. The van der Waals surface area contributed by atoms with Crippen molar-refractivity contribution in [3.63, 3.8) is 0 Å². The summed E-state index contributed by atoms with van der Waals surface area (Å²) in [4.78, 5) is 7.84. The Balaban J connectivity index is 1.73. The van der Waals surface area contributed by atoms with E-state index in [1.807, 2.05) is 22.9 Å². The van der Waals surface area contributed by atoms with Crippen LogP contribution < -0.4 is 0 Å². The third-order valence-electron chi connectivity index (χ3n) is 3.06. The number of rotatable bonds is 2. The van der Waals surface area contributed by atoms with Crippen LogP contribution in [-0.2, 0) is 6.54 Å². The summed E-state index contributed by atoms with van der Waals surface area (Å²) in [5, 5.41) is 11.9. The van der Waals surface area contributed by atoms with Crippen LogP contribution in [0.25, 0.3) is 4.96 Å². The molecule has 0 amide bonds. The third-order valence-corrected chi connectivity index (χ3v) is 3.83. The zero-order valence-corrected chi connectivity index (χ0v) is 10.1. The molecular formula is C11H15N3OS. The van der Waals surface area contributed by atoms with Gasteiger partial charge < -0.3 is 5.11 Å². The number of β-amino-alcohol motifs (C(OH)–C–C–N with tert-alkyl or cyclic N) is 1. The standard InChI is InChI=1S/C11H15N3OS/c1-11(15)2-3-13(8-11)6-9-7-14-4-5-16-10(14)12-9/h4-5,7,15H,2-3,6,8H2,1H3. The number of hydrogen-bond acceptors (Lipinski definition) is 4. The fourth-order valence-electron chi connectivity index (χ4n) is 2.26. The van der Waals surface area contributed by atoms with Crippen LogP contribution in [-0.4, -0.2) is 38.1 Å². The molecule has 5 heteroatoms. The van der Waals surface area contributed by atoms with Crippen LogP contribution >= 0.6 is 11.3 Å². The molecule has 2 aromatic rings. The van der Waals surface area contributed by atoms with Gasteiger partial charge in [0.25, 0.3) is 0 Å². The lowest BCUT2D eigenvalue weighted by molar-refractivity contribution is 0.0678. The van der Waals surface area contributed by atoms with Crippen LogP contribution in [0.15, 0.2) is 17.8 Å². The average Bonchev–Trinajstić information content (AvgIpc) is 2.80. The molecule has 0 bridgehead atoms. The lowest BCUT2D eigenvalue weighted by Gasteiger charge is -2.17. The van der Waals surface area contributed by atoms with Crippen LogP contribution in [0.3, 0.4) is 0 Å². The Bertz CT molecular complexity index is 474. The first kappa shape index (κ1) is 10.3. The first-order valence-corrected chi connectivity index (χ1v) is 6.36. The molecule has 3 rings (SSSR count). The molecule has 0 saturated carbocycles. The summed E-state index contributed by atoms with van der Waals surface area (Å²) >= 11 is 1.65. The molecule has 1 saturated heterocycles. The van der Waals surface area contributed by atoms with Crippen molar-refractivity contribution in [2.75, 3.05) is 13.1 Å². The average molecular weight is 237 g/mol. The van der Waals surface area contributed by atoms with Crippen molar-refractivity contribution >= 4 is 16.3 Å². The van der Waals surface area contributed by atoms with Crippen LogP contribution in [0, 0.1) is 0 Å². The Morgan fingerprint density at radius 3 is 3.19 bits per heavy atom. The highest BCUT2D eigenvalue weighted by Gasteiger charge is 2.31. The van der Waals surface area contributed by atoms with Gasteiger partial charge in [0.05, 0.1) is 11.3 Å². The molecular weight excluding hydrogens is 222 g/mol. The quantitative estimate of drug-likeness (QED) is 0.857. The molecule has 2 aromatic heterocycles. The highest BCUT2D eigenvalue weighted by atomic mass is 32.1. The predicted molar refractivity (Wildman–Crippen MR) is 63.6 cm³/mol. The predicted octanol–water partition coefficient (Wildman–Crippen LogP) is 1.35. The van der Waals surface area contributed by atoms with Gasteiger partial charge in [0, 0.05) is 37.4 Å². The Hall–Kier alpha value is -0.910. The molecule has 1 atom stereocenters. The normalized spacial score (nSPS) is 26.9. The fraction of sp³-hybridized carbons (Fsp3) is 0.545. The summed E-state index contributed by atoms with van der Waals surface area (Å²) < 4.78 is 2.05. The van der Waals surface area contributed by atoms with E-state index in [1.54, 1.807) is 11.3 Å². The molecule has 0 spiro atoms. The molecule has 1 unspecified atom stereocenters. The second-order valence-electron chi connectivity index (χ2n) is 4.78. The number of aliphatic hydroxyl groups is 1. The molecule has 4 nitrogen and oxygen atoms in total. The van der Waals surface area contributed by atoms with Crippen molar-refractivity contribution in [2.24, 2.45) is 0 Å². The SMILES string of the molecule is CC1(O)CCN(Cc2cn3ccsc3n2)C1. The van der Waals surface area contributed by atoms with E-state index in [0.29, 0.717) is 0 Å². The first-order valence-electron chi connectivity index (χ1n) is 5.48. The zero-order valence-electron chi connectivity index (χ0n) is 9.26. The Kier molecular flexibility index (Phi) is 2.27. The molecule has 3 heterocycles. The fourth-order valence-corrected chi connectivity index (χ4v) is 2.97. The van der Waals surface area contributed by atoms with Gasteiger partial charge in [0.15, 0.2) is 4.96 Å². The number of nitrogens with zero attached hydrogens (tertiary/aromatic N) is 3. The molecule has 1 N–H and O–H groups in total. The topological polar surface area (TPSA) is 40.8 Å². The van der Waals surface area contributed by atoms with Gasteiger partial charge in [0.2, 0.25) is 0 Å². The molecule has 1 aliphatic heterocycles. The maximum Gasteiger partial charge on any atom is 0.193 e. The highest BCUT2D eigenvalue weighted by Crippen LogP contribution is 2.22. The van der Waals surface area contributed by atoms with Gasteiger partial charge in [-0.2, -0.15) is 0 Å². The molecule has 1 fully saturated rings. The van der Waals surface area contributed by atoms with E-state index < -0.39 is 5.60 Å². The number of thiazole rings is 1. The number of aromatic nitrogens is 2. The van der Waals surface area contributed by atoms with Crippen LogP contribution in [0.1, 0.15) is 19.0 Å². The Labute approximate surface area is 98.1 Å². The maximum absolute atomic E-state index is 9.88. The minimum atomic E-state index is -0.517. The molecule has 0 aliphatic carbocycles. The van der Waals surface area contributed by atoms with E-state index in [4.69, 9.17) is 0 Å². The molecule has 0 aromatic carbocycles. The van der Waals surface area contributed by atoms with Gasteiger partial charge in [-0.25, -0.2) is 4.98 Å². The van der Waals surface area contributed by atoms with Crippen molar-refractivity contribution in [3.05, 3.63) is 23.5 Å². The number of likely N-dealkylation sites (tertiary alicyclic amines) is 1. The van der Waals surface area contributed by atoms with E-state index in [1.165, 1.54) is 0 Å². The van der Waals surface area contributed by atoms with Gasteiger partial charge in [-0.05, 0) is 13.3 Å². The monoisotopic (exact) mass is 237 g/mol. The first-order chi connectivity index (χ1) is 7.62. The van der Waals surface area contributed by atoms with Crippen molar-refractivity contribution in [1.82, 2.24) is 14.3 Å². The summed E-state index contributed by atoms with van der Waals surface area (Å²) in [6.45, 7) is 4.44.